The quantitative estimate of drug-likeness (QED) is 0.715. The molecule has 0 spiro atoms. The van der Waals surface area contributed by atoms with Crippen LogP contribution in [0.1, 0.15) is 66.7 Å². The molecule has 1 heterocycles. The van der Waals surface area contributed by atoms with Crippen molar-refractivity contribution in [3.63, 3.8) is 0 Å². The fourth-order valence-electron chi connectivity index (χ4n) is 4.39. The van der Waals surface area contributed by atoms with Gasteiger partial charge in [-0.15, -0.1) is 0 Å². The Hall–Kier alpha value is -0.810. The van der Waals surface area contributed by atoms with Gasteiger partial charge in [-0.3, -0.25) is 4.90 Å². The third kappa shape index (κ3) is 6.41. The first-order valence-corrected chi connectivity index (χ1v) is 10.8. The van der Waals surface area contributed by atoms with E-state index in [1.54, 1.807) is 0 Å². The molecule has 5 nitrogen and oxygen atoms in total. The van der Waals surface area contributed by atoms with E-state index in [2.05, 4.69) is 23.6 Å². The van der Waals surface area contributed by atoms with Gasteiger partial charge < -0.3 is 14.5 Å². The van der Waals surface area contributed by atoms with Crippen LogP contribution >= 0.6 is 0 Å². The summed E-state index contributed by atoms with van der Waals surface area (Å²) in [7, 11) is 0. The Morgan fingerprint density at radius 1 is 1.04 bits per heavy atom. The fourth-order valence-corrected chi connectivity index (χ4v) is 4.39. The Bertz CT molecular complexity index is 417. The lowest BCUT2D eigenvalue weighted by atomic mass is 9.82. The number of piperazine rings is 1. The second-order valence-corrected chi connectivity index (χ2v) is 8.95. The minimum absolute atomic E-state index is 0.157. The third-order valence-electron chi connectivity index (χ3n) is 5.97. The topological polar surface area (TPSA) is 36.0 Å². The van der Waals surface area contributed by atoms with Gasteiger partial charge in [-0.1, -0.05) is 33.1 Å². The Morgan fingerprint density at radius 3 is 2.12 bits per heavy atom. The zero-order valence-corrected chi connectivity index (χ0v) is 17.8. The number of amides is 1. The molecule has 0 N–H and O–H groups in total. The van der Waals surface area contributed by atoms with Crippen molar-refractivity contribution in [3.8, 4) is 0 Å². The second-order valence-electron chi connectivity index (χ2n) is 8.95. The normalized spacial score (nSPS) is 21.8. The number of likely N-dealkylation sites (N-methyl/N-ethyl adjacent to an activating group) is 1. The monoisotopic (exact) mass is 367 g/mol. The average molecular weight is 368 g/mol. The molecule has 1 saturated heterocycles. The standard InChI is InChI=1S/C21H41N3O2/c1-6-22(7-2)17-19(18-11-9-8-10-12-18)23-13-15-24(16-14-23)20(25)26-21(3,4)5/h18-19H,6-17H2,1-5H3. The van der Waals surface area contributed by atoms with Crippen molar-refractivity contribution in [2.45, 2.75) is 78.4 Å². The first-order chi connectivity index (χ1) is 12.3. The maximum atomic E-state index is 12.3. The molecule has 1 aliphatic heterocycles. The average Bonchev–Trinajstić information content (AvgIpc) is 2.62. The molecule has 0 aromatic heterocycles. The first kappa shape index (κ1) is 21.5. The van der Waals surface area contributed by atoms with E-state index in [1.165, 1.54) is 38.6 Å². The van der Waals surface area contributed by atoms with Gasteiger partial charge in [-0.05, 0) is 52.6 Å². The highest BCUT2D eigenvalue weighted by Gasteiger charge is 2.33. The van der Waals surface area contributed by atoms with E-state index in [0.29, 0.717) is 6.04 Å². The summed E-state index contributed by atoms with van der Waals surface area (Å²) >= 11 is 0. The molecule has 152 valence electrons. The highest BCUT2D eigenvalue weighted by Crippen LogP contribution is 2.30. The molecule has 1 saturated carbocycles. The lowest BCUT2D eigenvalue weighted by Crippen LogP contribution is -2.57. The van der Waals surface area contributed by atoms with Crippen LogP contribution < -0.4 is 0 Å². The van der Waals surface area contributed by atoms with Gasteiger partial charge in [0.1, 0.15) is 5.60 Å². The lowest BCUT2D eigenvalue weighted by molar-refractivity contribution is 0.000789. The molecule has 1 unspecified atom stereocenters. The number of hydrogen-bond acceptors (Lipinski definition) is 4. The van der Waals surface area contributed by atoms with Gasteiger partial charge in [0.05, 0.1) is 0 Å². The molecule has 5 heteroatoms. The molecule has 2 rings (SSSR count). The van der Waals surface area contributed by atoms with Gasteiger partial charge in [0, 0.05) is 38.8 Å². The minimum Gasteiger partial charge on any atom is -0.444 e. The Labute approximate surface area is 161 Å². The van der Waals surface area contributed by atoms with Crippen LogP contribution in [-0.4, -0.2) is 78.2 Å². The van der Waals surface area contributed by atoms with Gasteiger partial charge >= 0.3 is 6.09 Å². The Morgan fingerprint density at radius 2 is 1.62 bits per heavy atom. The van der Waals surface area contributed by atoms with Crippen molar-refractivity contribution < 1.29 is 9.53 Å². The van der Waals surface area contributed by atoms with Crippen LogP contribution in [-0.2, 0) is 4.74 Å². The van der Waals surface area contributed by atoms with Crippen LogP contribution in [0.3, 0.4) is 0 Å². The van der Waals surface area contributed by atoms with Crippen LogP contribution in [0.2, 0.25) is 0 Å². The molecule has 2 fully saturated rings. The summed E-state index contributed by atoms with van der Waals surface area (Å²) in [6.45, 7) is 17.3. The highest BCUT2D eigenvalue weighted by molar-refractivity contribution is 5.68. The molecule has 1 aliphatic carbocycles. The molecule has 0 aromatic rings. The number of ether oxygens (including phenoxy) is 1. The van der Waals surface area contributed by atoms with E-state index in [1.807, 2.05) is 25.7 Å². The summed E-state index contributed by atoms with van der Waals surface area (Å²) in [5, 5.41) is 0. The summed E-state index contributed by atoms with van der Waals surface area (Å²) in [4.78, 5) is 19.5. The van der Waals surface area contributed by atoms with E-state index in [-0.39, 0.29) is 6.09 Å². The molecular formula is C21H41N3O2. The first-order valence-electron chi connectivity index (χ1n) is 10.8. The predicted octanol–water partition coefficient (Wildman–Crippen LogP) is 3.83. The molecule has 2 aliphatic rings. The predicted molar refractivity (Wildman–Crippen MR) is 108 cm³/mol. The summed E-state index contributed by atoms with van der Waals surface area (Å²) in [6, 6.07) is 0.635. The van der Waals surface area contributed by atoms with Crippen LogP contribution in [0.25, 0.3) is 0 Å². The molecular weight excluding hydrogens is 326 g/mol. The molecule has 26 heavy (non-hydrogen) atoms. The van der Waals surface area contributed by atoms with Crippen molar-refractivity contribution in [2.24, 2.45) is 5.92 Å². The molecule has 0 bridgehead atoms. The zero-order valence-electron chi connectivity index (χ0n) is 17.8. The van der Waals surface area contributed by atoms with Crippen molar-refractivity contribution in [2.75, 3.05) is 45.8 Å². The van der Waals surface area contributed by atoms with Gasteiger partial charge in [-0.2, -0.15) is 0 Å². The molecule has 1 amide bonds. The molecule has 1 atom stereocenters. The van der Waals surface area contributed by atoms with Gasteiger partial charge in [0.2, 0.25) is 0 Å². The van der Waals surface area contributed by atoms with Gasteiger partial charge in [0.25, 0.3) is 0 Å². The van der Waals surface area contributed by atoms with E-state index < -0.39 is 5.60 Å². The van der Waals surface area contributed by atoms with E-state index >= 15 is 0 Å². The van der Waals surface area contributed by atoms with E-state index in [9.17, 15) is 4.79 Å². The van der Waals surface area contributed by atoms with Crippen LogP contribution in [0.4, 0.5) is 4.79 Å². The van der Waals surface area contributed by atoms with Crippen molar-refractivity contribution in [1.29, 1.82) is 0 Å². The van der Waals surface area contributed by atoms with Crippen LogP contribution in [0, 0.1) is 5.92 Å². The number of carbonyl (C=O) groups is 1. The van der Waals surface area contributed by atoms with Gasteiger partial charge in [-0.25, -0.2) is 4.79 Å². The molecule has 0 radical (unpaired) electrons. The SMILES string of the molecule is CCN(CC)CC(C1CCCCC1)N1CCN(C(=O)OC(C)(C)C)CC1. The minimum atomic E-state index is -0.415. The largest absolute Gasteiger partial charge is 0.444 e. The summed E-state index contributed by atoms with van der Waals surface area (Å²) in [6.07, 6.45) is 6.77. The molecule has 0 aromatic carbocycles. The van der Waals surface area contributed by atoms with Crippen LogP contribution in [0.5, 0.6) is 0 Å². The number of carbonyl (C=O) groups excluding carboxylic acids is 1. The highest BCUT2D eigenvalue weighted by atomic mass is 16.6. The lowest BCUT2D eigenvalue weighted by Gasteiger charge is -2.45. The summed E-state index contributed by atoms with van der Waals surface area (Å²) < 4.78 is 5.55. The van der Waals surface area contributed by atoms with Crippen molar-refractivity contribution in [3.05, 3.63) is 0 Å². The second kappa shape index (κ2) is 9.93. The number of hydrogen-bond donors (Lipinski definition) is 0. The maximum Gasteiger partial charge on any atom is 0.410 e. The van der Waals surface area contributed by atoms with Crippen molar-refractivity contribution in [1.82, 2.24) is 14.7 Å². The van der Waals surface area contributed by atoms with Crippen LogP contribution in [0.15, 0.2) is 0 Å². The van der Waals surface area contributed by atoms with Gasteiger partial charge in [0.15, 0.2) is 0 Å². The Kier molecular flexibility index (Phi) is 8.21. The summed E-state index contributed by atoms with van der Waals surface area (Å²) in [5.41, 5.74) is -0.415. The maximum absolute atomic E-state index is 12.3. The summed E-state index contributed by atoms with van der Waals surface area (Å²) in [5.74, 6) is 0.817. The number of nitrogens with zero attached hydrogens (tertiary/aromatic N) is 3. The Balaban J connectivity index is 1.95. The van der Waals surface area contributed by atoms with Crippen molar-refractivity contribution >= 4 is 6.09 Å². The van der Waals surface area contributed by atoms with E-state index in [0.717, 1.165) is 45.2 Å². The fraction of sp³-hybridized carbons (Fsp3) is 0.952. The number of rotatable bonds is 6. The smallest absolute Gasteiger partial charge is 0.410 e. The zero-order chi connectivity index (χ0) is 19.2. The third-order valence-corrected chi connectivity index (χ3v) is 5.97. The van der Waals surface area contributed by atoms with E-state index in [4.69, 9.17) is 4.74 Å².